The van der Waals surface area contributed by atoms with Gasteiger partial charge in [0.05, 0.1) is 5.69 Å². The van der Waals surface area contributed by atoms with Crippen LogP contribution in [0.15, 0.2) is 6.07 Å². The van der Waals surface area contributed by atoms with E-state index in [0.29, 0.717) is 6.07 Å². The number of anilines is 1. The predicted octanol–water partition coefficient (Wildman–Crippen LogP) is 2.87. The van der Waals surface area contributed by atoms with Gasteiger partial charge in [-0.2, -0.15) is 0 Å². The highest BCUT2D eigenvalue weighted by Crippen LogP contribution is 2.22. The number of halogens is 4. The number of benzene rings is 1. The Morgan fingerprint density at radius 1 is 1.14 bits per heavy atom. The molecule has 1 nitrogen and oxygen atoms in total. The zero-order chi connectivity index (χ0) is 10.9. The molecule has 0 bridgehead atoms. The van der Waals surface area contributed by atoms with Gasteiger partial charge in [0.1, 0.15) is 4.32 Å². The standard InChI is InChI=1S/C7H3F4NS2/c8-2-1-3(12-7(13)14)5(10)6(11)4(2)9/h1H,(H2,12,13,14). The molecular weight excluding hydrogens is 238 g/mol. The van der Waals surface area contributed by atoms with Gasteiger partial charge in [-0.1, -0.05) is 12.2 Å². The van der Waals surface area contributed by atoms with E-state index < -0.39 is 29.0 Å². The minimum absolute atomic E-state index is 0.186. The maximum atomic E-state index is 12.9. The number of rotatable bonds is 1. The summed E-state index contributed by atoms with van der Waals surface area (Å²) >= 11 is 7.97. The van der Waals surface area contributed by atoms with Gasteiger partial charge in [0.15, 0.2) is 23.3 Å². The number of thiocarbonyl (C=S) groups is 1. The van der Waals surface area contributed by atoms with E-state index in [4.69, 9.17) is 0 Å². The quantitative estimate of drug-likeness (QED) is 0.258. The Labute approximate surface area is 87.5 Å². The Morgan fingerprint density at radius 3 is 2.21 bits per heavy atom. The molecule has 0 saturated heterocycles. The summed E-state index contributed by atoms with van der Waals surface area (Å²) in [5.74, 6) is -6.80. The van der Waals surface area contributed by atoms with Gasteiger partial charge >= 0.3 is 0 Å². The van der Waals surface area contributed by atoms with E-state index in [0.717, 1.165) is 0 Å². The van der Waals surface area contributed by atoms with Crippen molar-refractivity contribution in [3.05, 3.63) is 29.3 Å². The van der Waals surface area contributed by atoms with Crippen molar-refractivity contribution in [1.82, 2.24) is 0 Å². The van der Waals surface area contributed by atoms with Crippen molar-refractivity contribution in [1.29, 1.82) is 0 Å². The van der Waals surface area contributed by atoms with Crippen LogP contribution in [0.4, 0.5) is 23.2 Å². The highest BCUT2D eigenvalue weighted by molar-refractivity contribution is 8.11. The molecule has 0 aromatic heterocycles. The summed E-state index contributed by atoms with van der Waals surface area (Å²) in [5.41, 5.74) is -0.596. The topological polar surface area (TPSA) is 12.0 Å². The summed E-state index contributed by atoms with van der Waals surface area (Å²) in [4.78, 5) is 0. The predicted molar refractivity (Wildman–Crippen MR) is 51.5 cm³/mol. The highest BCUT2D eigenvalue weighted by atomic mass is 32.1. The lowest BCUT2D eigenvalue weighted by molar-refractivity contribution is 0.411. The SMILES string of the molecule is Fc1cc(NC(=S)S)c(F)c(F)c1F. The van der Waals surface area contributed by atoms with Gasteiger partial charge in [-0.3, -0.25) is 0 Å². The molecular formula is C7H3F4NS2. The van der Waals surface area contributed by atoms with Crippen molar-refractivity contribution in [3.63, 3.8) is 0 Å². The Hall–Kier alpha value is -0.820. The van der Waals surface area contributed by atoms with Crippen molar-refractivity contribution in [3.8, 4) is 0 Å². The first-order chi connectivity index (χ1) is 6.43. The first-order valence-corrected chi connectivity index (χ1v) is 4.12. The molecule has 0 fully saturated rings. The summed E-state index contributed by atoms with van der Waals surface area (Å²) in [5, 5.41) is 2.06. The molecule has 0 saturated carbocycles. The van der Waals surface area contributed by atoms with Crippen LogP contribution in [-0.4, -0.2) is 4.32 Å². The fourth-order valence-electron chi connectivity index (χ4n) is 0.779. The van der Waals surface area contributed by atoms with E-state index in [2.05, 4.69) is 30.2 Å². The molecule has 0 spiro atoms. The second-order valence-electron chi connectivity index (χ2n) is 2.28. The number of nitrogens with one attached hydrogen (secondary N) is 1. The van der Waals surface area contributed by atoms with Crippen LogP contribution < -0.4 is 5.32 Å². The minimum atomic E-state index is -1.89. The van der Waals surface area contributed by atoms with Crippen LogP contribution in [0.5, 0.6) is 0 Å². The van der Waals surface area contributed by atoms with E-state index in [1.807, 2.05) is 0 Å². The van der Waals surface area contributed by atoms with Crippen molar-refractivity contribution in [2.45, 2.75) is 0 Å². The van der Waals surface area contributed by atoms with Crippen LogP contribution in [-0.2, 0) is 0 Å². The second kappa shape index (κ2) is 4.14. The van der Waals surface area contributed by atoms with Crippen LogP contribution >= 0.6 is 24.8 Å². The summed E-state index contributed by atoms with van der Waals surface area (Å²) in [7, 11) is 0. The zero-order valence-corrected chi connectivity index (χ0v) is 8.16. The Bertz CT molecular complexity index is 394. The van der Waals surface area contributed by atoms with Gasteiger partial charge in [-0.25, -0.2) is 17.6 Å². The Morgan fingerprint density at radius 2 is 1.71 bits per heavy atom. The normalized spacial score (nSPS) is 10.1. The molecule has 1 aromatic rings. The lowest BCUT2D eigenvalue weighted by Gasteiger charge is -2.06. The van der Waals surface area contributed by atoms with Crippen LogP contribution in [0, 0.1) is 23.3 Å². The van der Waals surface area contributed by atoms with E-state index >= 15 is 0 Å². The van der Waals surface area contributed by atoms with Gasteiger partial charge in [0, 0.05) is 6.07 Å². The molecule has 14 heavy (non-hydrogen) atoms. The maximum absolute atomic E-state index is 12.9. The van der Waals surface area contributed by atoms with Gasteiger partial charge < -0.3 is 5.32 Å². The van der Waals surface area contributed by atoms with Crippen molar-refractivity contribution in [2.24, 2.45) is 0 Å². The third-order valence-electron chi connectivity index (χ3n) is 1.34. The van der Waals surface area contributed by atoms with Gasteiger partial charge in [-0.15, -0.1) is 12.6 Å². The molecule has 0 aliphatic rings. The monoisotopic (exact) mass is 241 g/mol. The van der Waals surface area contributed by atoms with Gasteiger partial charge in [0.25, 0.3) is 0 Å². The number of thiol groups is 1. The van der Waals surface area contributed by atoms with E-state index in [-0.39, 0.29) is 4.32 Å². The van der Waals surface area contributed by atoms with Crippen LogP contribution in [0.25, 0.3) is 0 Å². The van der Waals surface area contributed by atoms with Gasteiger partial charge in [0.2, 0.25) is 0 Å². The molecule has 0 radical (unpaired) electrons. The molecule has 0 heterocycles. The first kappa shape index (κ1) is 11.3. The molecule has 0 amide bonds. The minimum Gasteiger partial charge on any atom is -0.339 e. The van der Waals surface area contributed by atoms with Crippen LogP contribution in [0.2, 0.25) is 0 Å². The lowest BCUT2D eigenvalue weighted by atomic mass is 10.2. The molecule has 0 atom stereocenters. The third kappa shape index (κ3) is 2.16. The van der Waals surface area contributed by atoms with Crippen molar-refractivity contribution in [2.75, 3.05) is 5.32 Å². The fraction of sp³-hybridized carbons (Fsp3) is 0. The molecule has 0 unspecified atom stereocenters. The van der Waals surface area contributed by atoms with Crippen molar-refractivity contribution >= 4 is 34.9 Å². The summed E-state index contributed by atoms with van der Waals surface area (Å²) in [6.45, 7) is 0. The Kier molecular flexibility index (Phi) is 3.33. The smallest absolute Gasteiger partial charge is 0.199 e. The number of hydrogen-bond acceptors (Lipinski definition) is 1. The van der Waals surface area contributed by atoms with E-state index in [9.17, 15) is 17.6 Å². The lowest BCUT2D eigenvalue weighted by Crippen LogP contribution is -2.07. The van der Waals surface area contributed by atoms with E-state index in [1.165, 1.54) is 0 Å². The average molecular weight is 241 g/mol. The van der Waals surface area contributed by atoms with Crippen LogP contribution in [0.1, 0.15) is 0 Å². The largest absolute Gasteiger partial charge is 0.339 e. The van der Waals surface area contributed by atoms with Crippen LogP contribution in [0.3, 0.4) is 0 Å². The molecule has 0 aliphatic carbocycles. The first-order valence-electron chi connectivity index (χ1n) is 3.26. The summed E-state index contributed by atoms with van der Waals surface area (Å²) in [6, 6.07) is 0.455. The fourth-order valence-corrected chi connectivity index (χ4v) is 1.01. The molecule has 76 valence electrons. The average Bonchev–Trinajstić information content (AvgIpc) is 2.10. The number of hydrogen-bond donors (Lipinski definition) is 2. The zero-order valence-electron chi connectivity index (χ0n) is 6.44. The summed E-state index contributed by atoms with van der Waals surface area (Å²) in [6.07, 6.45) is 0. The van der Waals surface area contributed by atoms with E-state index in [1.54, 1.807) is 0 Å². The summed E-state index contributed by atoms with van der Waals surface area (Å²) < 4.78 is 50.3. The third-order valence-corrected chi connectivity index (χ3v) is 1.56. The second-order valence-corrected chi connectivity index (χ2v) is 3.44. The molecule has 1 aromatic carbocycles. The maximum Gasteiger partial charge on any atom is 0.199 e. The molecule has 7 heteroatoms. The van der Waals surface area contributed by atoms with Crippen molar-refractivity contribution < 1.29 is 17.6 Å². The molecule has 1 N–H and O–H groups in total. The van der Waals surface area contributed by atoms with Gasteiger partial charge in [-0.05, 0) is 0 Å². The molecule has 0 aliphatic heterocycles. The highest BCUT2D eigenvalue weighted by Gasteiger charge is 2.18. The Balaban J connectivity index is 3.25. The molecule has 1 rings (SSSR count).